The minimum atomic E-state index is -3.21. The largest absolute Gasteiger partial charge is 0.355 e. The molecule has 0 aliphatic carbocycles. The quantitative estimate of drug-likeness (QED) is 0.748. The summed E-state index contributed by atoms with van der Waals surface area (Å²) in [6.07, 6.45) is 1.04. The number of piperidine rings is 1. The molecule has 0 spiro atoms. The molecule has 1 aromatic carbocycles. The molecule has 2 saturated heterocycles. The fourth-order valence-electron chi connectivity index (χ4n) is 3.63. The molecule has 2 fully saturated rings. The Morgan fingerprint density at radius 1 is 1.23 bits per heavy atom. The summed E-state index contributed by atoms with van der Waals surface area (Å²) >= 11 is 0. The maximum Gasteiger partial charge on any atom is 0.230 e. The van der Waals surface area contributed by atoms with Crippen molar-refractivity contribution in [3.8, 4) is 0 Å². The zero-order valence-electron chi connectivity index (χ0n) is 15.1. The first-order valence-corrected chi connectivity index (χ1v) is 10.6. The molecule has 2 N–H and O–H groups in total. The maximum atomic E-state index is 13.1. The number of benzene rings is 1. The second-order valence-corrected chi connectivity index (χ2v) is 9.24. The minimum absolute atomic E-state index is 0. The van der Waals surface area contributed by atoms with Gasteiger partial charge in [-0.05, 0) is 25.3 Å². The standard InChI is InChI=1S/C18H27N3O3S.ClH/c1-2-25(23,24)21-10-8-18(9-11-21,16-6-4-3-5-7-16)17(22)20-14-15-12-19-13-15;/h3-7,15,19H,2,8-14H2,1H3,(H,20,22);1H. The van der Waals surface area contributed by atoms with E-state index in [2.05, 4.69) is 10.6 Å². The van der Waals surface area contributed by atoms with Gasteiger partial charge in [0.25, 0.3) is 0 Å². The van der Waals surface area contributed by atoms with Crippen molar-refractivity contribution in [1.29, 1.82) is 0 Å². The highest BCUT2D eigenvalue weighted by atomic mass is 35.5. The Bertz CT molecular complexity index is 700. The van der Waals surface area contributed by atoms with E-state index in [4.69, 9.17) is 0 Å². The summed E-state index contributed by atoms with van der Waals surface area (Å²) in [5.74, 6) is 0.628. The van der Waals surface area contributed by atoms with E-state index in [1.54, 1.807) is 6.92 Å². The molecule has 0 saturated carbocycles. The highest BCUT2D eigenvalue weighted by Gasteiger charge is 2.44. The second-order valence-electron chi connectivity index (χ2n) is 6.98. The van der Waals surface area contributed by atoms with Crippen molar-refractivity contribution < 1.29 is 13.2 Å². The highest BCUT2D eigenvalue weighted by Crippen LogP contribution is 2.36. The molecule has 0 bridgehead atoms. The lowest BCUT2D eigenvalue weighted by atomic mass is 9.72. The molecule has 2 aliphatic rings. The molecule has 1 amide bonds. The lowest BCUT2D eigenvalue weighted by Gasteiger charge is -2.41. The first kappa shape index (κ1) is 21.2. The van der Waals surface area contributed by atoms with E-state index in [1.807, 2.05) is 30.3 Å². The van der Waals surface area contributed by atoms with E-state index in [1.165, 1.54) is 4.31 Å². The zero-order valence-corrected chi connectivity index (χ0v) is 16.7. The van der Waals surface area contributed by atoms with Crippen LogP contribution in [-0.2, 0) is 20.2 Å². The molecule has 2 heterocycles. The third kappa shape index (κ3) is 4.22. The summed E-state index contributed by atoms with van der Waals surface area (Å²) in [5.41, 5.74) is 0.339. The van der Waals surface area contributed by atoms with Crippen LogP contribution in [0.1, 0.15) is 25.3 Å². The Balaban J connectivity index is 0.00000243. The smallest absolute Gasteiger partial charge is 0.230 e. The zero-order chi connectivity index (χ0) is 17.9. The van der Waals surface area contributed by atoms with Gasteiger partial charge >= 0.3 is 0 Å². The third-order valence-corrected chi connectivity index (χ3v) is 7.39. The van der Waals surface area contributed by atoms with Crippen LogP contribution in [0.15, 0.2) is 30.3 Å². The molecule has 8 heteroatoms. The number of nitrogens with one attached hydrogen (secondary N) is 2. The van der Waals surface area contributed by atoms with Crippen LogP contribution < -0.4 is 10.6 Å². The first-order chi connectivity index (χ1) is 12.0. The van der Waals surface area contributed by atoms with Crippen molar-refractivity contribution in [1.82, 2.24) is 14.9 Å². The molecule has 6 nitrogen and oxygen atoms in total. The van der Waals surface area contributed by atoms with E-state index in [9.17, 15) is 13.2 Å². The van der Waals surface area contributed by atoms with Crippen LogP contribution in [0, 0.1) is 5.92 Å². The number of halogens is 1. The molecule has 0 atom stereocenters. The molecule has 0 unspecified atom stereocenters. The van der Waals surface area contributed by atoms with Gasteiger partial charge in [0.1, 0.15) is 0 Å². The van der Waals surface area contributed by atoms with Crippen molar-refractivity contribution in [2.45, 2.75) is 25.2 Å². The average molecular weight is 402 g/mol. The summed E-state index contributed by atoms with van der Waals surface area (Å²) in [6, 6.07) is 9.78. The van der Waals surface area contributed by atoms with Gasteiger partial charge in [-0.1, -0.05) is 30.3 Å². The fourth-order valence-corrected chi connectivity index (χ4v) is 4.74. The Morgan fingerprint density at radius 2 is 1.85 bits per heavy atom. The highest BCUT2D eigenvalue weighted by molar-refractivity contribution is 7.89. The summed E-state index contributed by atoms with van der Waals surface area (Å²) in [7, 11) is -3.21. The van der Waals surface area contributed by atoms with Crippen LogP contribution in [0.4, 0.5) is 0 Å². The van der Waals surface area contributed by atoms with Crippen LogP contribution in [0.5, 0.6) is 0 Å². The van der Waals surface area contributed by atoms with Gasteiger partial charge in [-0.2, -0.15) is 0 Å². The lowest BCUT2D eigenvalue weighted by Crippen LogP contribution is -2.55. The lowest BCUT2D eigenvalue weighted by molar-refractivity contribution is -0.128. The van der Waals surface area contributed by atoms with Crippen molar-refractivity contribution in [3.05, 3.63) is 35.9 Å². The number of rotatable bonds is 6. The van der Waals surface area contributed by atoms with E-state index >= 15 is 0 Å². The summed E-state index contributed by atoms with van der Waals surface area (Å²) < 4.78 is 25.8. The predicted octanol–water partition coefficient (Wildman–Crippen LogP) is 1.13. The average Bonchev–Trinajstić information content (AvgIpc) is 2.61. The van der Waals surface area contributed by atoms with Crippen molar-refractivity contribution in [2.75, 3.05) is 38.5 Å². The first-order valence-electron chi connectivity index (χ1n) is 9.00. The minimum Gasteiger partial charge on any atom is -0.355 e. The number of carbonyl (C=O) groups is 1. The van der Waals surface area contributed by atoms with Gasteiger partial charge in [-0.15, -0.1) is 12.4 Å². The number of carbonyl (C=O) groups excluding carboxylic acids is 1. The molecule has 1 aromatic rings. The van der Waals surface area contributed by atoms with Gasteiger partial charge in [-0.25, -0.2) is 12.7 Å². The Morgan fingerprint density at radius 3 is 2.35 bits per heavy atom. The van der Waals surface area contributed by atoms with Crippen molar-refractivity contribution >= 4 is 28.3 Å². The van der Waals surface area contributed by atoms with Crippen LogP contribution in [0.2, 0.25) is 0 Å². The molecular weight excluding hydrogens is 374 g/mol. The number of hydrogen-bond donors (Lipinski definition) is 2. The SMILES string of the molecule is CCS(=O)(=O)N1CCC(C(=O)NCC2CNC2)(c2ccccc2)CC1.Cl. The van der Waals surface area contributed by atoms with Gasteiger partial charge < -0.3 is 10.6 Å². The molecule has 3 rings (SSSR count). The van der Waals surface area contributed by atoms with Crippen LogP contribution in [-0.4, -0.2) is 57.1 Å². The Labute approximate surface area is 162 Å². The van der Waals surface area contributed by atoms with E-state index in [0.717, 1.165) is 18.7 Å². The van der Waals surface area contributed by atoms with Gasteiger partial charge in [-0.3, -0.25) is 4.79 Å². The fraction of sp³-hybridized carbons (Fsp3) is 0.611. The Kier molecular flexibility index (Phi) is 7.07. The van der Waals surface area contributed by atoms with Crippen molar-refractivity contribution in [2.24, 2.45) is 5.92 Å². The van der Waals surface area contributed by atoms with Crippen LogP contribution in [0.25, 0.3) is 0 Å². The second kappa shape index (κ2) is 8.69. The van der Waals surface area contributed by atoms with E-state index in [-0.39, 0.29) is 24.1 Å². The maximum absolute atomic E-state index is 13.1. The van der Waals surface area contributed by atoms with Gasteiger partial charge in [0, 0.05) is 38.6 Å². The number of hydrogen-bond acceptors (Lipinski definition) is 4. The molecular formula is C18H28ClN3O3S. The Hall–Kier alpha value is -1.15. The van der Waals surface area contributed by atoms with Crippen LogP contribution >= 0.6 is 12.4 Å². The van der Waals surface area contributed by atoms with Gasteiger partial charge in [0.15, 0.2) is 0 Å². The molecule has 0 aromatic heterocycles. The van der Waals surface area contributed by atoms with E-state index in [0.29, 0.717) is 38.4 Å². The molecule has 0 radical (unpaired) electrons. The van der Waals surface area contributed by atoms with E-state index < -0.39 is 15.4 Å². The summed E-state index contributed by atoms with van der Waals surface area (Å²) in [6.45, 7) is 5.01. The molecule has 26 heavy (non-hydrogen) atoms. The molecule has 146 valence electrons. The van der Waals surface area contributed by atoms with Crippen molar-refractivity contribution in [3.63, 3.8) is 0 Å². The topological polar surface area (TPSA) is 78.5 Å². The monoisotopic (exact) mass is 401 g/mol. The third-order valence-electron chi connectivity index (χ3n) is 5.51. The normalized spacial score (nSPS) is 20.7. The number of amides is 1. The summed E-state index contributed by atoms with van der Waals surface area (Å²) in [5, 5.41) is 6.32. The summed E-state index contributed by atoms with van der Waals surface area (Å²) in [4.78, 5) is 13.1. The predicted molar refractivity (Wildman–Crippen MR) is 105 cm³/mol. The molecule has 2 aliphatic heterocycles. The number of nitrogens with zero attached hydrogens (tertiary/aromatic N) is 1. The number of sulfonamides is 1. The van der Waals surface area contributed by atoms with Crippen LogP contribution in [0.3, 0.4) is 0 Å². The van der Waals surface area contributed by atoms with Gasteiger partial charge in [0.2, 0.25) is 15.9 Å². The van der Waals surface area contributed by atoms with Gasteiger partial charge in [0.05, 0.1) is 11.2 Å².